The van der Waals surface area contributed by atoms with Crippen LogP contribution < -0.4 is 4.74 Å². The summed E-state index contributed by atoms with van der Waals surface area (Å²) in [5.41, 5.74) is 9.87. The lowest BCUT2D eigenvalue weighted by Crippen LogP contribution is -2.17. The lowest BCUT2D eigenvalue weighted by atomic mass is 9.91. The number of allylic oxidation sites excluding steroid dienone is 1. The van der Waals surface area contributed by atoms with Crippen molar-refractivity contribution in [3.05, 3.63) is 89.5 Å². The molecule has 0 radical (unpaired) electrons. The van der Waals surface area contributed by atoms with E-state index < -0.39 is 0 Å². The molecule has 3 unspecified atom stereocenters. The summed E-state index contributed by atoms with van der Waals surface area (Å²) in [5.74, 6) is 0.409. The van der Waals surface area contributed by atoms with Gasteiger partial charge in [0.25, 0.3) is 0 Å². The van der Waals surface area contributed by atoms with E-state index in [2.05, 4.69) is 80.5 Å². The second kappa shape index (κ2) is 10.1. The Morgan fingerprint density at radius 2 is 1.53 bits per heavy atom. The molecule has 4 rings (SSSR count). The van der Waals surface area contributed by atoms with Crippen LogP contribution >= 0.6 is 18.5 Å². The van der Waals surface area contributed by atoms with Gasteiger partial charge in [-0.2, -0.15) is 0 Å². The third-order valence-corrected chi connectivity index (χ3v) is 7.08. The number of aryl methyl sites for hydroxylation is 1. The van der Waals surface area contributed by atoms with Crippen molar-refractivity contribution in [1.82, 2.24) is 0 Å². The van der Waals surface area contributed by atoms with Gasteiger partial charge in [-0.3, -0.25) is 4.79 Å². The number of ether oxygens (including phenoxy) is 1. The van der Waals surface area contributed by atoms with Crippen molar-refractivity contribution in [2.24, 2.45) is 5.92 Å². The molecule has 1 aliphatic carbocycles. The zero-order chi connectivity index (χ0) is 22.7. The van der Waals surface area contributed by atoms with Gasteiger partial charge in [-0.15, -0.1) is 18.5 Å². The van der Waals surface area contributed by atoms with Crippen LogP contribution in [0.5, 0.6) is 5.75 Å². The van der Waals surface area contributed by atoms with E-state index in [0.717, 1.165) is 42.7 Å². The molecule has 0 amide bonds. The molecule has 164 valence electrons. The Morgan fingerprint density at radius 1 is 0.938 bits per heavy atom. The maximum absolute atomic E-state index is 12.4. The Hall–Kier alpha value is -2.27. The molecule has 1 aliphatic rings. The van der Waals surface area contributed by atoms with E-state index in [1.54, 1.807) is 0 Å². The SMILES string of the molecule is C=C1CCC(C(=O)Oc2ccc(-c3c(CP)cc(-c4ccc(C)cc4)cc3CP)cc2)C1. The largest absolute Gasteiger partial charge is 0.426 e. The molecule has 0 bridgehead atoms. The van der Waals surface area contributed by atoms with Gasteiger partial charge in [-0.25, -0.2) is 0 Å². The topological polar surface area (TPSA) is 26.3 Å². The first kappa shape index (κ1) is 22.9. The van der Waals surface area contributed by atoms with Gasteiger partial charge in [0, 0.05) is 0 Å². The summed E-state index contributed by atoms with van der Waals surface area (Å²) in [6, 6.07) is 21.2. The van der Waals surface area contributed by atoms with Gasteiger partial charge in [0.1, 0.15) is 5.75 Å². The minimum Gasteiger partial charge on any atom is -0.426 e. The van der Waals surface area contributed by atoms with E-state index in [9.17, 15) is 4.79 Å². The zero-order valence-corrected chi connectivity index (χ0v) is 20.9. The van der Waals surface area contributed by atoms with Gasteiger partial charge >= 0.3 is 5.97 Å². The van der Waals surface area contributed by atoms with Gasteiger partial charge in [-0.1, -0.05) is 66.2 Å². The molecule has 0 heterocycles. The molecule has 3 aromatic rings. The summed E-state index contributed by atoms with van der Waals surface area (Å²) in [4.78, 5) is 12.4. The summed E-state index contributed by atoms with van der Waals surface area (Å²) < 4.78 is 5.65. The highest BCUT2D eigenvalue weighted by Gasteiger charge is 2.26. The Kier molecular flexibility index (Phi) is 7.24. The van der Waals surface area contributed by atoms with Crippen LogP contribution in [0.25, 0.3) is 22.3 Å². The average molecular weight is 460 g/mol. The normalized spacial score (nSPS) is 15.7. The molecule has 2 nitrogen and oxygen atoms in total. The lowest BCUT2D eigenvalue weighted by molar-refractivity contribution is -0.138. The first-order chi connectivity index (χ1) is 15.5. The van der Waals surface area contributed by atoms with E-state index in [4.69, 9.17) is 4.74 Å². The molecular formula is C28H30O2P2. The quantitative estimate of drug-likeness (QED) is 0.166. The fourth-order valence-electron chi connectivity index (χ4n) is 4.39. The molecule has 3 aromatic carbocycles. The van der Waals surface area contributed by atoms with Crippen molar-refractivity contribution in [1.29, 1.82) is 0 Å². The lowest BCUT2D eigenvalue weighted by Gasteiger charge is -2.17. The molecule has 0 saturated heterocycles. The number of carbonyl (C=O) groups is 1. The van der Waals surface area contributed by atoms with E-state index in [-0.39, 0.29) is 11.9 Å². The van der Waals surface area contributed by atoms with Crippen LogP contribution in [0.4, 0.5) is 0 Å². The first-order valence-electron chi connectivity index (χ1n) is 11.1. The fourth-order valence-corrected chi connectivity index (χ4v) is 5.04. The first-order valence-corrected chi connectivity index (χ1v) is 12.7. The molecule has 0 aromatic heterocycles. The molecule has 1 saturated carbocycles. The minimum atomic E-state index is -0.143. The van der Waals surface area contributed by atoms with Crippen molar-refractivity contribution in [2.75, 3.05) is 0 Å². The number of rotatable bonds is 6. The molecular weight excluding hydrogens is 430 g/mol. The Bertz CT molecular complexity index is 1110. The van der Waals surface area contributed by atoms with Crippen LogP contribution in [-0.4, -0.2) is 5.97 Å². The second-order valence-corrected chi connectivity index (χ2v) is 9.40. The van der Waals surface area contributed by atoms with E-state index in [1.165, 1.54) is 33.4 Å². The van der Waals surface area contributed by atoms with Crippen molar-refractivity contribution in [3.8, 4) is 28.0 Å². The second-order valence-electron chi connectivity index (χ2n) is 8.58. The molecule has 1 fully saturated rings. The molecule has 0 N–H and O–H groups in total. The van der Waals surface area contributed by atoms with Crippen LogP contribution in [-0.2, 0) is 17.1 Å². The Balaban J connectivity index is 1.61. The Labute approximate surface area is 195 Å². The predicted molar refractivity (Wildman–Crippen MR) is 141 cm³/mol. The van der Waals surface area contributed by atoms with Crippen LogP contribution in [0.1, 0.15) is 36.0 Å². The Morgan fingerprint density at radius 3 is 2.06 bits per heavy atom. The van der Waals surface area contributed by atoms with Crippen LogP contribution in [0.2, 0.25) is 0 Å². The number of hydrogen-bond donors (Lipinski definition) is 0. The molecule has 32 heavy (non-hydrogen) atoms. The monoisotopic (exact) mass is 460 g/mol. The zero-order valence-electron chi connectivity index (χ0n) is 18.6. The highest BCUT2D eigenvalue weighted by atomic mass is 31.0. The van der Waals surface area contributed by atoms with E-state index in [1.807, 2.05) is 12.1 Å². The third-order valence-electron chi connectivity index (χ3n) is 6.20. The van der Waals surface area contributed by atoms with Gasteiger partial charge in [0.15, 0.2) is 0 Å². The number of hydrogen-bond acceptors (Lipinski definition) is 2. The summed E-state index contributed by atoms with van der Waals surface area (Å²) in [6.07, 6.45) is 4.26. The van der Waals surface area contributed by atoms with Gasteiger partial charge < -0.3 is 4.74 Å². The van der Waals surface area contributed by atoms with Crippen LogP contribution in [0.15, 0.2) is 72.8 Å². The van der Waals surface area contributed by atoms with Crippen LogP contribution in [0.3, 0.4) is 0 Å². The highest BCUT2D eigenvalue weighted by Crippen LogP contribution is 2.36. The van der Waals surface area contributed by atoms with Gasteiger partial charge in [0.2, 0.25) is 0 Å². The minimum absolute atomic E-state index is 0.0519. The van der Waals surface area contributed by atoms with E-state index >= 15 is 0 Å². The standard InChI is InChI=1S/C28H30O2P2/c1-18-3-6-20(7-4-18)23-14-24(16-31)27(25(15-23)17-32)21-9-11-26(12-10-21)30-28(29)22-8-5-19(2)13-22/h3-4,6-7,9-12,14-15,22H,2,5,8,13,16-17,31-32H2,1H3. The highest BCUT2D eigenvalue weighted by molar-refractivity contribution is 7.15. The average Bonchev–Trinajstić information content (AvgIpc) is 3.25. The van der Waals surface area contributed by atoms with Crippen LogP contribution in [0, 0.1) is 12.8 Å². The molecule has 3 atom stereocenters. The van der Waals surface area contributed by atoms with Crippen molar-refractivity contribution in [3.63, 3.8) is 0 Å². The fraction of sp³-hybridized carbons (Fsp3) is 0.250. The molecule has 0 aliphatic heterocycles. The summed E-state index contributed by atoms with van der Waals surface area (Å²) in [6.45, 7) is 6.10. The summed E-state index contributed by atoms with van der Waals surface area (Å²) in [7, 11) is 5.73. The van der Waals surface area contributed by atoms with E-state index in [0.29, 0.717) is 5.75 Å². The molecule has 4 heteroatoms. The number of benzene rings is 3. The van der Waals surface area contributed by atoms with Crippen molar-refractivity contribution < 1.29 is 9.53 Å². The van der Waals surface area contributed by atoms with Crippen molar-refractivity contribution >= 4 is 24.4 Å². The smallest absolute Gasteiger partial charge is 0.314 e. The van der Waals surface area contributed by atoms with Gasteiger partial charge in [-0.05, 0) is 84.0 Å². The molecule has 0 spiro atoms. The maximum atomic E-state index is 12.4. The predicted octanol–water partition coefficient (Wildman–Crippen LogP) is 7.34. The van der Waals surface area contributed by atoms with Crippen molar-refractivity contribution in [2.45, 2.75) is 38.5 Å². The maximum Gasteiger partial charge on any atom is 0.314 e. The van der Waals surface area contributed by atoms with Gasteiger partial charge in [0.05, 0.1) is 5.92 Å². The summed E-state index contributed by atoms with van der Waals surface area (Å²) >= 11 is 0. The number of carbonyl (C=O) groups excluding carboxylic acids is 1. The number of esters is 1. The third kappa shape index (κ3) is 5.03. The summed E-state index contributed by atoms with van der Waals surface area (Å²) in [5, 5.41) is 0.